The Hall–Kier alpha value is -3.02. The second-order valence-electron chi connectivity index (χ2n) is 7.37. The summed E-state index contributed by atoms with van der Waals surface area (Å²) in [6.07, 6.45) is 3.74. The number of benzene rings is 2. The number of hydrogen-bond donors (Lipinski definition) is 0. The molecule has 0 bridgehead atoms. The van der Waals surface area contributed by atoms with Crippen LogP contribution in [0, 0.1) is 12.7 Å². The molecule has 0 saturated carbocycles. The van der Waals surface area contributed by atoms with Crippen molar-refractivity contribution in [3.8, 4) is 0 Å². The third-order valence-corrected chi connectivity index (χ3v) is 5.35. The molecule has 28 heavy (non-hydrogen) atoms. The van der Waals surface area contributed by atoms with Crippen LogP contribution in [0.5, 0.6) is 0 Å². The third kappa shape index (κ3) is 3.96. The van der Waals surface area contributed by atoms with Gasteiger partial charge in [0, 0.05) is 19.0 Å². The Morgan fingerprint density at radius 3 is 2.75 bits per heavy atom. The molecule has 144 valence electrons. The molecule has 1 aromatic heterocycles. The number of likely N-dealkylation sites (tertiary alicyclic amines) is 1. The molecule has 3 aromatic rings. The normalized spacial score (nSPS) is 16.9. The van der Waals surface area contributed by atoms with Gasteiger partial charge in [-0.15, -0.1) is 5.10 Å². The predicted octanol–water partition coefficient (Wildman–Crippen LogP) is 3.79. The number of rotatable bonds is 4. The minimum Gasteiger partial charge on any atom is -0.337 e. The molecule has 5 nitrogen and oxygen atoms in total. The van der Waals surface area contributed by atoms with E-state index in [9.17, 15) is 9.18 Å². The lowest BCUT2D eigenvalue weighted by Gasteiger charge is -2.33. The van der Waals surface area contributed by atoms with Gasteiger partial charge in [0.2, 0.25) is 0 Å². The van der Waals surface area contributed by atoms with Crippen molar-refractivity contribution >= 4 is 5.91 Å². The first-order chi connectivity index (χ1) is 13.6. The summed E-state index contributed by atoms with van der Waals surface area (Å²) in [6, 6.07) is 14.6. The predicted molar refractivity (Wildman–Crippen MR) is 105 cm³/mol. The summed E-state index contributed by atoms with van der Waals surface area (Å²) in [5, 5.41) is 8.13. The first kappa shape index (κ1) is 18.3. The largest absolute Gasteiger partial charge is 0.337 e. The molecule has 4 rings (SSSR count). The molecule has 0 spiro atoms. The third-order valence-electron chi connectivity index (χ3n) is 5.35. The van der Waals surface area contributed by atoms with Gasteiger partial charge >= 0.3 is 0 Å². The number of carbonyl (C=O) groups is 1. The number of aromatic nitrogens is 3. The van der Waals surface area contributed by atoms with E-state index in [-0.39, 0.29) is 11.7 Å². The lowest BCUT2D eigenvalue weighted by atomic mass is 9.88. The monoisotopic (exact) mass is 378 g/mol. The zero-order chi connectivity index (χ0) is 19.5. The smallest absolute Gasteiger partial charge is 0.276 e. The molecule has 1 aliphatic rings. The van der Waals surface area contributed by atoms with Crippen molar-refractivity contribution in [1.29, 1.82) is 0 Å². The van der Waals surface area contributed by atoms with Gasteiger partial charge in [0.05, 0.1) is 12.7 Å². The molecule has 1 amide bonds. The van der Waals surface area contributed by atoms with Gasteiger partial charge in [0.25, 0.3) is 5.91 Å². The van der Waals surface area contributed by atoms with Crippen LogP contribution >= 0.6 is 0 Å². The van der Waals surface area contributed by atoms with Crippen molar-refractivity contribution in [2.24, 2.45) is 0 Å². The Balaban J connectivity index is 1.45. The van der Waals surface area contributed by atoms with E-state index in [0.29, 0.717) is 24.7 Å². The Labute approximate surface area is 163 Å². The summed E-state index contributed by atoms with van der Waals surface area (Å²) in [7, 11) is 0. The van der Waals surface area contributed by atoms with Gasteiger partial charge < -0.3 is 4.90 Å². The molecule has 0 unspecified atom stereocenters. The van der Waals surface area contributed by atoms with Crippen LogP contribution < -0.4 is 0 Å². The van der Waals surface area contributed by atoms with Crippen LogP contribution in [-0.4, -0.2) is 38.9 Å². The highest BCUT2D eigenvalue weighted by Crippen LogP contribution is 2.29. The molecule has 2 heterocycles. The lowest BCUT2D eigenvalue weighted by molar-refractivity contribution is 0.0700. The zero-order valence-electron chi connectivity index (χ0n) is 15.9. The van der Waals surface area contributed by atoms with E-state index in [4.69, 9.17) is 0 Å². The molecular formula is C22H23FN4O. The molecule has 2 aromatic carbocycles. The highest BCUT2D eigenvalue weighted by molar-refractivity contribution is 5.92. The number of carbonyl (C=O) groups excluding carboxylic acids is 1. The molecular weight excluding hydrogens is 355 g/mol. The average Bonchev–Trinajstić information content (AvgIpc) is 3.18. The highest BCUT2D eigenvalue weighted by atomic mass is 19.1. The maximum atomic E-state index is 13.0. The van der Waals surface area contributed by atoms with Gasteiger partial charge in [-0.1, -0.05) is 41.6 Å². The average molecular weight is 378 g/mol. The summed E-state index contributed by atoms with van der Waals surface area (Å²) in [5.41, 5.74) is 3.85. The maximum absolute atomic E-state index is 13.0. The van der Waals surface area contributed by atoms with Gasteiger partial charge in [-0.05, 0) is 48.6 Å². The quantitative estimate of drug-likeness (QED) is 0.694. The molecule has 1 aliphatic heterocycles. The topological polar surface area (TPSA) is 51.0 Å². The fourth-order valence-corrected chi connectivity index (χ4v) is 3.87. The molecule has 0 aliphatic carbocycles. The van der Waals surface area contributed by atoms with Crippen LogP contribution in [-0.2, 0) is 6.54 Å². The van der Waals surface area contributed by atoms with Crippen LogP contribution in [0.4, 0.5) is 4.39 Å². The van der Waals surface area contributed by atoms with Crippen LogP contribution in [0.25, 0.3) is 0 Å². The van der Waals surface area contributed by atoms with E-state index in [0.717, 1.165) is 24.9 Å². The van der Waals surface area contributed by atoms with E-state index < -0.39 is 0 Å². The van der Waals surface area contributed by atoms with Crippen LogP contribution in [0.3, 0.4) is 0 Å². The summed E-state index contributed by atoms with van der Waals surface area (Å²) in [5.74, 6) is 0.00307. The number of halogens is 1. The fourth-order valence-electron chi connectivity index (χ4n) is 3.87. The van der Waals surface area contributed by atoms with E-state index in [1.54, 1.807) is 23.0 Å². The van der Waals surface area contributed by atoms with Crippen molar-refractivity contribution in [2.75, 3.05) is 13.1 Å². The Morgan fingerprint density at radius 2 is 1.96 bits per heavy atom. The van der Waals surface area contributed by atoms with Crippen molar-refractivity contribution < 1.29 is 9.18 Å². The SMILES string of the molecule is Cc1ccccc1[C@@H]1CCCN(C(=O)c2cn(Cc3ccc(F)cc3)nn2)C1. The standard InChI is InChI=1S/C22H23FN4O/c1-16-5-2-3-7-20(16)18-6-4-12-26(14-18)22(28)21-15-27(25-24-21)13-17-8-10-19(23)11-9-17/h2-3,5,7-11,15,18H,4,6,12-14H2,1H3/t18-/m1/s1. The van der Waals surface area contributed by atoms with Gasteiger partial charge in [-0.25, -0.2) is 9.07 Å². The van der Waals surface area contributed by atoms with E-state index in [1.807, 2.05) is 11.0 Å². The van der Waals surface area contributed by atoms with Crippen molar-refractivity contribution in [3.63, 3.8) is 0 Å². The molecule has 0 radical (unpaired) electrons. The maximum Gasteiger partial charge on any atom is 0.276 e. The highest BCUT2D eigenvalue weighted by Gasteiger charge is 2.27. The van der Waals surface area contributed by atoms with Gasteiger partial charge in [-0.2, -0.15) is 0 Å². The van der Waals surface area contributed by atoms with E-state index in [1.165, 1.54) is 23.3 Å². The van der Waals surface area contributed by atoms with Crippen molar-refractivity contribution in [3.05, 3.63) is 82.9 Å². The Bertz CT molecular complexity index is 967. The number of hydrogen-bond acceptors (Lipinski definition) is 3. The molecule has 0 N–H and O–H groups in total. The summed E-state index contributed by atoms with van der Waals surface area (Å²) < 4.78 is 14.6. The summed E-state index contributed by atoms with van der Waals surface area (Å²) >= 11 is 0. The molecule has 1 saturated heterocycles. The molecule has 1 fully saturated rings. The Kier molecular flexibility index (Phi) is 5.19. The summed E-state index contributed by atoms with van der Waals surface area (Å²) in [4.78, 5) is 14.8. The van der Waals surface area contributed by atoms with Crippen LogP contribution in [0.15, 0.2) is 54.7 Å². The molecule has 6 heteroatoms. The minimum absolute atomic E-state index is 0.0800. The molecule has 1 atom stereocenters. The summed E-state index contributed by atoms with van der Waals surface area (Å²) in [6.45, 7) is 4.02. The number of piperidine rings is 1. The first-order valence-electron chi connectivity index (χ1n) is 9.59. The fraction of sp³-hybridized carbons (Fsp3) is 0.318. The van der Waals surface area contributed by atoms with Gasteiger partial charge in [0.15, 0.2) is 5.69 Å². The Morgan fingerprint density at radius 1 is 1.18 bits per heavy atom. The van der Waals surface area contributed by atoms with E-state index in [2.05, 4.69) is 35.4 Å². The van der Waals surface area contributed by atoms with E-state index >= 15 is 0 Å². The number of amides is 1. The van der Waals surface area contributed by atoms with Crippen LogP contribution in [0.1, 0.15) is 45.9 Å². The van der Waals surface area contributed by atoms with Gasteiger partial charge in [-0.3, -0.25) is 4.79 Å². The first-order valence-corrected chi connectivity index (χ1v) is 9.59. The lowest BCUT2D eigenvalue weighted by Crippen LogP contribution is -2.39. The second kappa shape index (κ2) is 7.92. The van der Waals surface area contributed by atoms with Crippen molar-refractivity contribution in [1.82, 2.24) is 19.9 Å². The minimum atomic E-state index is -0.272. The number of aryl methyl sites for hydroxylation is 1. The van der Waals surface area contributed by atoms with Crippen LogP contribution in [0.2, 0.25) is 0 Å². The van der Waals surface area contributed by atoms with Crippen molar-refractivity contribution in [2.45, 2.75) is 32.2 Å². The zero-order valence-corrected chi connectivity index (χ0v) is 15.9. The second-order valence-corrected chi connectivity index (χ2v) is 7.37. The number of nitrogens with zero attached hydrogens (tertiary/aromatic N) is 4. The van der Waals surface area contributed by atoms with Gasteiger partial charge in [0.1, 0.15) is 5.82 Å².